The molecule has 1 aromatic heterocycles. The topological polar surface area (TPSA) is 64.9 Å². The average Bonchev–Trinajstić information content (AvgIpc) is 2.14. The Morgan fingerprint density at radius 2 is 2.00 bits per heavy atom. The largest absolute Gasteiger partial charge is 0.338 e. The maximum atomic E-state index is 5.43. The van der Waals surface area contributed by atoms with Gasteiger partial charge in [-0.05, 0) is 13.8 Å². The van der Waals surface area contributed by atoms with Gasteiger partial charge in [0.15, 0.2) is 5.82 Å². The molecule has 0 saturated heterocycles. The molecule has 0 aliphatic carbocycles. The minimum atomic E-state index is -0.161. The zero-order chi connectivity index (χ0) is 6.85. The molecule has 0 saturated carbocycles. The van der Waals surface area contributed by atoms with Crippen LogP contribution in [0.2, 0.25) is 0 Å². The number of nitrogens with zero attached hydrogens (tertiary/aromatic N) is 2. The number of hydrogen-bond donors (Lipinski definition) is 1. The molecule has 6 heteroatoms. The highest BCUT2D eigenvalue weighted by molar-refractivity contribution is 5.85. The Kier molecular flexibility index (Phi) is 6.46. The van der Waals surface area contributed by atoms with Gasteiger partial charge in [-0.1, -0.05) is 5.16 Å². The molecule has 0 fully saturated rings. The minimum Gasteiger partial charge on any atom is -0.338 e. The normalized spacial score (nSPS) is 11.2. The molecule has 0 aliphatic heterocycles. The number of aromatic nitrogens is 2. The third-order valence-electron chi connectivity index (χ3n) is 0.933. The van der Waals surface area contributed by atoms with Crippen molar-refractivity contribution in [3.63, 3.8) is 0 Å². The van der Waals surface area contributed by atoms with Crippen molar-refractivity contribution in [3.05, 3.63) is 11.7 Å². The lowest BCUT2D eigenvalue weighted by Crippen LogP contribution is -2.04. The van der Waals surface area contributed by atoms with Crippen LogP contribution in [0.5, 0.6) is 0 Å². The number of aryl methyl sites for hydroxylation is 1. The van der Waals surface area contributed by atoms with Crippen LogP contribution in [0.3, 0.4) is 0 Å². The van der Waals surface area contributed by atoms with E-state index in [4.69, 9.17) is 10.3 Å². The standard InChI is InChI=1S/C5H9N3O.2ClH/c1-3(6)5-7-4(2)8-9-5;;/h3H,6H2,1-2H3;2*1H/t3-;;/m1../s1. The van der Waals surface area contributed by atoms with Gasteiger partial charge in [-0.2, -0.15) is 4.98 Å². The molecule has 1 atom stereocenters. The molecule has 0 aromatic carbocycles. The highest BCUT2D eigenvalue weighted by Gasteiger charge is 2.05. The van der Waals surface area contributed by atoms with Crippen molar-refractivity contribution in [1.29, 1.82) is 0 Å². The van der Waals surface area contributed by atoms with Crippen LogP contribution in [0.25, 0.3) is 0 Å². The van der Waals surface area contributed by atoms with E-state index in [0.29, 0.717) is 11.7 Å². The second-order valence-electron chi connectivity index (χ2n) is 1.97. The second kappa shape index (κ2) is 5.35. The third kappa shape index (κ3) is 3.55. The molecular formula is C5H11Cl2N3O. The highest BCUT2D eigenvalue weighted by Crippen LogP contribution is 2.03. The summed E-state index contributed by atoms with van der Waals surface area (Å²) in [7, 11) is 0. The smallest absolute Gasteiger partial charge is 0.243 e. The van der Waals surface area contributed by atoms with Crippen LogP contribution in [0.1, 0.15) is 24.7 Å². The summed E-state index contributed by atoms with van der Waals surface area (Å²) >= 11 is 0. The van der Waals surface area contributed by atoms with Gasteiger partial charge in [0.05, 0.1) is 6.04 Å². The molecule has 0 amide bonds. The molecule has 1 rings (SSSR count). The Hall–Kier alpha value is -0.320. The predicted octanol–water partition coefficient (Wildman–Crippen LogP) is 1.24. The molecule has 1 aromatic rings. The first-order valence-electron chi connectivity index (χ1n) is 2.76. The van der Waals surface area contributed by atoms with Gasteiger partial charge < -0.3 is 10.3 Å². The summed E-state index contributed by atoms with van der Waals surface area (Å²) in [5.74, 6) is 1.12. The fraction of sp³-hybridized carbons (Fsp3) is 0.600. The van der Waals surface area contributed by atoms with Crippen molar-refractivity contribution in [2.75, 3.05) is 0 Å². The Morgan fingerprint density at radius 1 is 1.45 bits per heavy atom. The van der Waals surface area contributed by atoms with E-state index in [-0.39, 0.29) is 30.9 Å². The monoisotopic (exact) mass is 199 g/mol. The molecule has 0 aliphatic rings. The van der Waals surface area contributed by atoms with Crippen molar-refractivity contribution in [2.45, 2.75) is 19.9 Å². The van der Waals surface area contributed by atoms with Gasteiger partial charge in [0, 0.05) is 0 Å². The number of halogens is 2. The lowest BCUT2D eigenvalue weighted by molar-refractivity contribution is 0.358. The fourth-order valence-electron chi connectivity index (χ4n) is 0.498. The summed E-state index contributed by atoms with van der Waals surface area (Å²) in [6, 6.07) is -0.161. The van der Waals surface area contributed by atoms with E-state index in [9.17, 15) is 0 Å². The van der Waals surface area contributed by atoms with Crippen molar-refractivity contribution in [2.24, 2.45) is 5.73 Å². The lowest BCUT2D eigenvalue weighted by Gasteiger charge is -1.91. The van der Waals surface area contributed by atoms with E-state index in [2.05, 4.69) is 10.1 Å². The zero-order valence-electron chi connectivity index (χ0n) is 6.27. The molecule has 0 unspecified atom stereocenters. The van der Waals surface area contributed by atoms with Crippen LogP contribution >= 0.6 is 24.8 Å². The van der Waals surface area contributed by atoms with Crippen molar-refractivity contribution in [1.82, 2.24) is 10.1 Å². The van der Waals surface area contributed by atoms with Gasteiger partial charge in [-0.25, -0.2) is 0 Å². The minimum absolute atomic E-state index is 0. The van der Waals surface area contributed by atoms with Crippen LogP contribution in [0, 0.1) is 6.92 Å². The molecule has 0 bridgehead atoms. The van der Waals surface area contributed by atoms with Crippen molar-refractivity contribution < 1.29 is 4.52 Å². The number of rotatable bonds is 1. The van der Waals surface area contributed by atoms with Crippen molar-refractivity contribution in [3.8, 4) is 0 Å². The molecule has 0 radical (unpaired) electrons. The summed E-state index contributed by atoms with van der Waals surface area (Å²) in [5, 5.41) is 3.57. The first-order chi connectivity index (χ1) is 4.20. The quantitative estimate of drug-likeness (QED) is 0.740. The summed E-state index contributed by atoms with van der Waals surface area (Å²) < 4.78 is 4.74. The van der Waals surface area contributed by atoms with Gasteiger partial charge in [0.1, 0.15) is 0 Å². The van der Waals surface area contributed by atoms with Gasteiger partial charge in [-0.3, -0.25) is 0 Å². The summed E-state index contributed by atoms with van der Waals surface area (Å²) in [4.78, 5) is 3.91. The fourth-order valence-corrected chi connectivity index (χ4v) is 0.498. The van der Waals surface area contributed by atoms with E-state index in [1.165, 1.54) is 0 Å². The average molecular weight is 200 g/mol. The Morgan fingerprint density at radius 3 is 2.18 bits per heavy atom. The molecule has 11 heavy (non-hydrogen) atoms. The van der Waals surface area contributed by atoms with E-state index in [1.54, 1.807) is 13.8 Å². The van der Waals surface area contributed by atoms with Gasteiger partial charge in [0.25, 0.3) is 0 Å². The maximum Gasteiger partial charge on any atom is 0.243 e. The lowest BCUT2D eigenvalue weighted by atomic mass is 10.4. The molecule has 0 spiro atoms. The van der Waals surface area contributed by atoms with Crippen LogP contribution < -0.4 is 5.73 Å². The molecular weight excluding hydrogens is 189 g/mol. The van der Waals surface area contributed by atoms with Crippen LogP contribution in [-0.4, -0.2) is 10.1 Å². The number of hydrogen-bond acceptors (Lipinski definition) is 4. The Balaban J connectivity index is 0. The predicted molar refractivity (Wildman–Crippen MR) is 46.1 cm³/mol. The van der Waals surface area contributed by atoms with Gasteiger partial charge in [0.2, 0.25) is 5.89 Å². The van der Waals surface area contributed by atoms with Crippen LogP contribution in [0.4, 0.5) is 0 Å². The molecule has 1 heterocycles. The zero-order valence-corrected chi connectivity index (χ0v) is 7.91. The summed E-state index contributed by atoms with van der Waals surface area (Å²) in [6.45, 7) is 3.56. The van der Waals surface area contributed by atoms with Gasteiger partial charge in [-0.15, -0.1) is 24.8 Å². The molecule has 66 valence electrons. The second-order valence-corrected chi connectivity index (χ2v) is 1.97. The van der Waals surface area contributed by atoms with E-state index >= 15 is 0 Å². The van der Waals surface area contributed by atoms with Crippen LogP contribution in [0.15, 0.2) is 4.52 Å². The maximum absolute atomic E-state index is 5.43. The highest BCUT2D eigenvalue weighted by atomic mass is 35.5. The van der Waals surface area contributed by atoms with E-state index in [1.807, 2.05) is 0 Å². The van der Waals surface area contributed by atoms with E-state index < -0.39 is 0 Å². The first kappa shape index (κ1) is 13.3. The van der Waals surface area contributed by atoms with Crippen molar-refractivity contribution >= 4 is 24.8 Å². The molecule has 4 nitrogen and oxygen atoms in total. The Labute approximate surface area is 77.4 Å². The van der Waals surface area contributed by atoms with Gasteiger partial charge >= 0.3 is 0 Å². The Bertz CT molecular complexity index is 201. The first-order valence-corrected chi connectivity index (χ1v) is 2.76. The summed E-state index contributed by atoms with van der Waals surface area (Å²) in [5.41, 5.74) is 5.43. The SMILES string of the molecule is Cc1noc([C@@H](C)N)n1.Cl.Cl. The van der Waals surface area contributed by atoms with Crippen LogP contribution in [-0.2, 0) is 0 Å². The third-order valence-corrected chi connectivity index (χ3v) is 0.933. The number of nitrogens with two attached hydrogens (primary N) is 1. The molecule has 2 N–H and O–H groups in total. The summed E-state index contributed by atoms with van der Waals surface area (Å²) in [6.07, 6.45) is 0. The van der Waals surface area contributed by atoms with E-state index in [0.717, 1.165) is 0 Å².